The van der Waals surface area contributed by atoms with Gasteiger partial charge in [-0.05, 0) is 43.7 Å². The summed E-state index contributed by atoms with van der Waals surface area (Å²) in [4.78, 5) is 2.13. The number of hydrogen-bond donors (Lipinski definition) is 0. The molecule has 0 unspecified atom stereocenters. The van der Waals surface area contributed by atoms with Crippen LogP contribution in [0.2, 0.25) is 0 Å². The second-order valence-electron chi connectivity index (χ2n) is 5.53. The number of anilines is 1. The van der Waals surface area contributed by atoms with E-state index >= 15 is 0 Å². The van der Waals surface area contributed by atoms with Crippen molar-refractivity contribution in [2.75, 3.05) is 25.1 Å². The van der Waals surface area contributed by atoms with Crippen molar-refractivity contribution < 1.29 is 12.6 Å². The van der Waals surface area contributed by atoms with Crippen LogP contribution in [0.25, 0.3) is 0 Å². The average molecular weight is 344 g/mol. The molecule has 6 heteroatoms. The molecule has 0 aliphatic rings. The summed E-state index contributed by atoms with van der Waals surface area (Å²) in [5.41, 5.74) is 2.50. The lowest BCUT2D eigenvalue weighted by Crippen LogP contribution is -2.20. The van der Waals surface area contributed by atoms with Gasteiger partial charge in [0.2, 0.25) is 0 Å². The number of rotatable bonds is 7. The van der Waals surface area contributed by atoms with Gasteiger partial charge >= 0.3 is 0 Å². The Bertz CT molecular complexity index is 824. The second-order valence-corrected chi connectivity index (χ2v) is 7.14. The van der Waals surface area contributed by atoms with Crippen molar-refractivity contribution in [1.29, 1.82) is 5.26 Å². The van der Waals surface area contributed by atoms with E-state index in [0.717, 1.165) is 11.3 Å². The standard InChI is InChI=1S/C18H20N2O3S/c1-15-7-9-18(10-8-15)24(21,22)23-12-4-11-20(2)17-6-3-5-16(13-17)14-19/h3,5-10,13H,4,11-12H2,1-2H3. The predicted molar refractivity (Wildman–Crippen MR) is 93.4 cm³/mol. The van der Waals surface area contributed by atoms with Crippen LogP contribution < -0.4 is 4.90 Å². The lowest BCUT2D eigenvalue weighted by molar-refractivity contribution is 0.313. The first-order valence-electron chi connectivity index (χ1n) is 7.60. The minimum absolute atomic E-state index is 0.110. The molecule has 126 valence electrons. The number of benzene rings is 2. The second kappa shape index (κ2) is 7.95. The Morgan fingerprint density at radius 3 is 2.54 bits per heavy atom. The largest absolute Gasteiger partial charge is 0.374 e. The molecule has 0 N–H and O–H groups in total. The van der Waals surface area contributed by atoms with Crippen molar-refractivity contribution in [2.45, 2.75) is 18.2 Å². The van der Waals surface area contributed by atoms with Gasteiger partial charge in [0.05, 0.1) is 23.1 Å². The van der Waals surface area contributed by atoms with E-state index in [0.29, 0.717) is 18.5 Å². The van der Waals surface area contributed by atoms with Gasteiger partial charge in [-0.15, -0.1) is 0 Å². The number of nitriles is 1. The third-order valence-electron chi connectivity index (χ3n) is 3.60. The summed E-state index contributed by atoms with van der Waals surface area (Å²) >= 11 is 0. The SMILES string of the molecule is Cc1ccc(S(=O)(=O)OCCCN(C)c2cccc(C#N)c2)cc1. The first-order valence-corrected chi connectivity index (χ1v) is 9.00. The van der Waals surface area contributed by atoms with Crippen LogP contribution in [0.15, 0.2) is 53.4 Å². The monoisotopic (exact) mass is 344 g/mol. The van der Waals surface area contributed by atoms with Crippen molar-refractivity contribution >= 4 is 15.8 Å². The molecular weight excluding hydrogens is 324 g/mol. The van der Waals surface area contributed by atoms with Crippen molar-refractivity contribution in [1.82, 2.24) is 0 Å². The van der Waals surface area contributed by atoms with E-state index in [1.807, 2.05) is 31.0 Å². The minimum Gasteiger partial charge on any atom is -0.374 e. The zero-order chi connectivity index (χ0) is 17.6. The van der Waals surface area contributed by atoms with E-state index in [1.54, 1.807) is 36.4 Å². The van der Waals surface area contributed by atoms with Crippen LogP contribution in [0.4, 0.5) is 5.69 Å². The molecule has 24 heavy (non-hydrogen) atoms. The molecule has 0 aromatic heterocycles. The molecule has 2 aromatic carbocycles. The highest BCUT2D eigenvalue weighted by atomic mass is 32.2. The Kier molecular flexibility index (Phi) is 5.96. The Morgan fingerprint density at radius 1 is 1.17 bits per heavy atom. The first kappa shape index (κ1) is 18.0. The van der Waals surface area contributed by atoms with Crippen molar-refractivity contribution in [3.05, 3.63) is 59.7 Å². The van der Waals surface area contributed by atoms with Gasteiger partial charge in [0.1, 0.15) is 0 Å². The maximum absolute atomic E-state index is 12.1. The maximum Gasteiger partial charge on any atom is 0.296 e. The number of nitrogens with zero attached hydrogens (tertiary/aromatic N) is 2. The third kappa shape index (κ3) is 4.82. The van der Waals surface area contributed by atoms with E-state index in [9.17, 15) is 8.42 Å². The fourth-order valence-corrected chi connectivity index (χ4v) is 3.13. The van der Waals surface area contributed by atoms with E-state index in [4.69, 9.17) is 9.44 Å². The molecule has 0 amide bonds. The normalized spacial score (nSPS) is 11.0. The van der Waals surface area contributed by atoms with Gasteiger partial charge in [0, 0.05) is 19.3 Å². The van der Waals surface area contributed by atoms with Crippen LogP contribution in [0.5, 0.6) is 0 Å². The zero-order valence-electron chi connectivity index (χ0n) is 13.8. The quantitative estimate of drug-likeness (QED) is 0.570. The van der Waals surface area contributed by atoms with Gasteiger partial charge in [0.25, 0.3) is 10.1 Å². The Labute approximate surface area is 143 Å². The van der Waals surface area contributed by atoms with Gasteiger partial charge in [-0.1, -0.05) is 23.8 Å². The first-order chi connectivity index (χ1) is 11.4. The summed E-state index contributed by atoms with van der Waals surface area (Å²) in [6, 6.07) is 15.9. The van der Waals surface area contributed by atoms with Gasteiger partial charge < -0.3 is 4.90 Å². The smallest absolute Gasteiger partial charge is 0.296 e. The third-order valence-corrected chi connectivity index (χ3v) is 4.93. The van der Waals surface area contributed by atoms with Gasteiger partial charge in [-0.3, -0.25) is 4.18 Å². The van der Waals surface area contributed by atoms with Crippen molar-refractivity contribution in [3.8, 4) is 6.07 Å². The summed E-state index contributed by atoms with van der Waals surface area (Å²) < 4.78 is 29.2. The predicted octanol–water partition coefficient (Wildman–Crippen LogP) is 3.10. The molecule has 2 aromatic rings. The van der Waals surface area contributed by atoms with Crippen molar-refractivity contribution in [3.63, 3.8) is 0 Å². The van der Waals surface area contributed by atoms with E-state index in [1.165, 1.54) is 0 Å². The molecule has 0 atom stereocenters. The molecule has 2 rings (SSSR count). The zero-order valence-corrected chi connectivity index (χ0v) is 14.6. The summed E-state index contributed by atoms with van der Waals surface area (Å²) in [6.07, 6.45) is 0.554. The molecule has 0 fully saturated rings. The molecule has 0 bridgehead atoms. The summed E-state index contributed by atoms with van der Waals surface area (Å²) in [7, 11) is -1.82. The summed E-state index contributed by atoms with van der Waals surface area (Å²) in [6.45, 7) is 2.63. The Morgan fingerprint density at radius 2 is 1.88 bits per heavy atom. The van der Waals surface area contributed by atoms with E-state index in [-0.39, 0.29) is 11.5 Å². The maximum atomic E-state index is 12.1. The molecular formula is C18H20N2O3S. The van der Waals surface area contributed by atoms with Crippen LogP contribution in [-0.2, 0) is 14.3 Å². The summed E-state index contributed by atoms with van der Waals surface area (Å²) in [5.74, 6) is 0. The number of aryl methyl sites for hydroxylation is 1. The Balaban J connectivity index is 1.85. The molecule has 0 radical (unpaired) electrons. The molecule has 0 saturated heterocycles. The topological polar surface area (TPSA) is 70.4 Å². The van der Waals surface area contributed by atoms with Crippen LogP contribution >= 0.6 is 0 Å². The highest BCUT2D eigenvalue weighted by molar-refractivity contribution is 7.86. The molecule has 0 spiro atoms. The minimum atomic E-state index is -3.71. The lowest BCUT2D eigenvalue weighted by atomic mass is 10.2. The van der Waals surface area contributed by atoms with Gasteiger partial charge in [-0.2, -0.15) is 13.7 Å². The molecule has 0 aliphatic carbocycles. The molecule has 0 saturated carbocycles. The van der Waals surface area contributed by atoms with Crippen LogP contribution in [0.1, 0.15) is 17.5 Å². The molecule has 5 nitrogen and oxygen atoms in total. The van der Waals surface area contributed by atoms with Crippen LogP contribution in [-0.4, -0.2) is 28.6 Å². The van der Waals surface area contributed by atoms with Gasteiger partial charge in [-0.25, -0.2) is 0 Å². The highest BCUT2D eigenvalue weighted by Crippen LogP contribution is 2.16. The molecule has 0 aliphatic heterocycles. The summed E-state index contributed by atoms with van der Waals surface area (Å²) in [5, 5.41) is 8.92. The van der Waals surface area contributed by atoms with E-state index in [2.05, 4.69) is 6.07 Å². The van der Waals surface area contributed by atoms with E-state index < -0.39 is 10.1 Å². The average Bonchev–Trinajstić information content (AvgIpc) is 2.59. The Hall–Kier alpha value is -2.36. The van der Waals surface area contributed by atoms with Crippen molar-refractivity contribution in [2.24, 2.45) is 0 Å². The fourth-order valence-electron chi connectivity index (χ4n) is 2.19. The fraction of sp³-hybridized carbons (Fsp3) is 0.278. The highest BCUT2D eigenvalue weighted by Gasteiger charge is 2.14. The lowest BCUT2D eigenvalue weighted by Gasteiger charge is -2.19. The molecule has 0 heterocycles. The van der Waals surface area contributed by atoms with Crippen LogP contribution in [0, 0.1) is 18.3 Å². The number of hydrogen-bond acceptors (Lipinski definition) is 5. The van der Waals surface area contributed by atoms with Gasteiger partial charge in [0.15, 0.2) is 0 Å². The van der Waals surface area contributed by atoms with Crippen LogP contribution in [0.3, 0.4) is 0 Å².